The molecule has 0 unspecified atom stereocenters. The monoisotopic (exact) mass is 178 g/mol. The number of rotatable bonds is 2. The molecule has 3 nitrogen and oxygen atoms in total. The molecule has 1 aromatic rings. The van der Waals surface area contributed by atoms with Crippen LogP contribution in [0.25, 0.3) is 0 Å². The van der Waals surface area contributed by atoms with Crippen LogP contribution >= 0.6 is 0 Å². The van der Waals surface area contributed by atoms with Gasteiger partial charge in [0.25, 0.3) is 5.91 Å². The van der Waals surface area contributed by atoms with Crippen molar-refractivity contribution in [2.45, 2.75) is 6.54 Å². The molecule has 4 heteroatoms. The molecule has 1 N–H and O–H groups in total. The minimum atomic E-state index is -0.579. The predicted molar refractivity (Wildman–Crippen MR) is 44.9 cm³/mol. The van der Waals surface area contributed by atoms with Crippen LogP contribution in [0.5, 0.6) is 0 Å². The summed E-state index contributed by atoms with van der Waals surface area (Å²) in [5, 5.41) is 2.31. The lowest BCUT2D eigenvalue weighted by Crippen LogP contribution is -2.21. The lowest BCUT2D eigenvalue weighted by molar-refractivity contribution is -0.115. The summed E-state index contributed by atoms with van der Waals surface area (Å²) in [6.45, 7) is 0.00963. The Bertz CT molecular complexity index is 357. The number of pyridine rings is 1. The van der Waals surface area contributed by atoms with Gasteiger partial charge in [-0.25, -0.2) is 4.39 Å². The van der Waals surface area contributed by atoms with Crippen LogP contribution in [0.3, 0.4) is 0 Å². The van der Waals surface area contributed by atoms with E-state index < -0.39 is 11.7 Å². The van der Waals surface area contributed by atoms with Gasteiger partial charge in [0, 0.05) is 6.20 Å². The quantitative estimate of drug-likeness (QED) is 0.669. The maximum Gasteiger partial charge on any atom is 0.295 e. The van der Waals surface area contributed by atoms with E-state index in [1.54, 1.807) is 0 Å². The van der Waals surface area contributed by atoms with Gasteiger partial charge in [-0.3, -0.25) is 9.78 Å². The van der Waals surface area contributed by atoms with E-state index in [1.165, 1.54) is 18.3 Å². The van der Waals surface area contributed by atoms with Crippen molar-refractivity contribution < 1.29 is 9.18 Å². The molecule has 0 spiro atoms. The van der Waals surface area contributed by atoms with Crippen molar-refractivity contribution in [3.63, 3.8) is 0 Å². The summed E-state index contributed by atoms with van der Waals surface area (Å²) >= 11 is 0. The van der Waals surface area contributed by atoms with Crippen LogP contribution in [0.15, 0.2) is 18.3 Å². The van der Waals surface area contributed by atoms with Crippen LogP contribution in [0.2, 0.25) is 0 Å². The van der Waals surface area contributed by atoms with Crippen molar-refractivity contribution in [2.24, 2.45) is 0 Å². The highest BCUT2D eigenvalue weighted by atomic mass is 19.1. The first kappa shape index (κ1) is 9.20. The van der Waals surface area contributed by atoms with E-state index >= 15 is 0 Å². The fraction of sp³-hybridized carbons (Fsp3) is 0.111. The van der Waals surface area contributed by atoms with E-state index in [4.69, 9.17) is 6.42 Å². The van der Waals surface area contributed by atoms with Crippen LogP contribution in [-0.2, 0) is 11.3 Å². The molecule has 0 aliphatic rings. The Balaban J connectivity index is 2.61. The molecule has 1 amide bonds. The molecular weight excluding hydrogens is 171 g/mol. The summed E-state index contributed by atoms with van der Waals surface area (Å²) in [7, 11) is 0. The summed E-state index contributed by atoms with van der Waals surface area (Å²) in [5.74, 6) is 0.817. The summed E-state index contributed by atoms with van der Waals surface area (Å²) in [4.78, 5) is 14.3. The van der Waals surface area contributed by atoms with Crippen molar-refractivity contribution in [1.29, 1.82) is 0 Å². The van der Waals surface area contributed by atoms with E-state index in [-0.39, 0.29) is 12.2 Å². The molecule has 0 saturated carbocycles. The SMILES string of the molecule is C#CC(=O)NCc1ncccc1F. The number of nitrogens with one attached hydrogen (secondary N) is 1. The molecule has 0 aromatic carbocycles. The average molecular weight is 178 g/mol. The normalized spacial score (nSPS) is 8.92. The minimum absolute atomic E-state index is 0.00963. The fourth-order valence-corrected chi connectivity index (χ4v) is 0.763. The summed E-state index contributed by atoms with van der Waals surface area (Å²) in [6, 6.07) is 2.74. The highest BCUT2D eigenvalue weighted by Gasteiger charge is 2.02. The Morgan fingerprint density at radius 3 is 3.15 bits per heavy atom. The van der Waals surface area contributed by atoms with Gasteiger partial charge in [0.15, 0.2) is 0 Å². The van der Waals surface area contributed by atoms with Crippen molar-refractivity contribution in [3.8, 4) is 12.3 Å². The topological polar surface area (TPSA) is 42.0 Å². The Morgan fingerprint density at radius 1 is 1.77 bits per heavy atom. The third kappa shape index (κ3) is 2.56. The van der Waals surface area contributed by atoms with Crippen molar-refractivity contribution in [1.82, 2.24) is 10.3 Å². The van der Waals surface area contributed by atoms with Crippen LogP contribution < -0.4 is 5.32 Å². The largest absolute Gasteiger partial charge is 0.340 e. The first-order valence-corrected chi connectivity index (χ1v) is 3.58. The first-order valence-electron chi connectivity index (χ1n) is 3.58. The van der Waals surface area contributed by atoms with Crippen LogP contribution in [-0.4, -0.2) is 10.9 Å². The first-order chi connectivity index (χ1) is 6.24. The van der Waals surface area contributed by atoms with E-state index in [0.717, 1.165) is 0 Å². The molecular formula is C9H7FN2O. The second kappa shape index (κ2) is 4.21. The molecule has 0 aliphatic carbocycles. The zero-order chi connectivity index (χ0) is 9.68. The van der Waals surface area contributed by atoms with Crippen LogP contribution in [0.4, 0.5) is 4.39 Å². The average Bonchev–Trinajstić information content (AvgIpc) is 2.16. The third-order valence-corrected chi connectivity index (χ3v) is 1.38. The highest BCUT2D eigenvalue weighted by Crippen LogP contribution is 2.00. The lowest BCUT2D eigenvalue weighted by Gasteiger charge is -2.00. The molecule has 1 heterocycles. The summed E-state index contributed by atoms with van der Waals surface area (Å²) in [6.07, 6.45) is 6.24. The van der Waals surface area contributed by atoms with E-state index in [1.807, 2.05) is 5.92 Å². The number of aromatic nitrogens is 1. The molecule has 0 aliphatic heterocycles. The van der Waals surface area contributed by atoms with Crippen LogP contribution in [0, 0.1) is 18.2 Å². The Kier molecular flexibility index (Phi) is 2.98. The maximum atomic E-state index is 12.9. The zero-order valence-corrected chi connectivity index (χ0v) is 6.75. The number of carbonyl (C=O) groups is 1. The zero-order valence-electron chi connectivity index (χ0n) is 6.75. The number of halogens is 1. The van der Waals surface area contributed by atoms with Gasteiger partial charge in [-0.1, -0.05) is 0 Å². The molecule has 0 atom stereocenters. The third-order valence-electron chi connectivity index (χ3n) is 1.38. The standard InChI is InChI=1S/C9H7FN2O/c1-2-9(13)12-6-8-7(10)4-3-5-11-8/h1,3-5H,6H2,(H,12,13). The van der Waals surface area contributed by atoms with Crippen molar-refractivity contribution >= 4 is 5.91 Å². The van der Waals surface area contributed by atoms with Crippen molar-refractivity contribution in [3.05, 3.63) is 29.8 Å². The number of terminal acetylenes is 1. The Morgan fingerprint density at radius 2 is 2.54 bits per heavy atom. The fourth-order valence-electron chi connectivity index (χ4n) is 0.763. The molecule has 1 aromatic heterocycles. The number of hydrogen-bond donors (Lipinski definition) is 1. The Labute approximate surface area is 75.0 Å². The number of hydrogen-bond acceptors (Lipinski definition) is 2. The van der Waals surface area contributed by atoms with E-state index in [0.29, 0.717) is 0 Å². The second-order valence-electron chi connectivity index (χ2n) is 2.26. The lowest BCUT2D eigenvalue weighted by atomic mass is 10.3. The van der Waals surface area contributed by atoms with Gasteiger partial charge < -0.3 is 5.32 Å². The number of carbonyl (C=O) groups excluding carboxylic acids is 1. The number of nitrogens with zero attached hydrogens (tertiary/aromatic N) is 1. The van der Waals surface area contributed by atoms with Gasteiger partial charge in [-0.2, -0.15) is 0 Å². The van der Waals surface area contributed by atoms with Gasteiger partial charge in [0.05, 0.1) is 12.2 Å². The maximum absolute atomic E-state index is 12.9. The van der Waals surface area contributed by atoms with Crippen molar-refractivity contribution in [2.75, 3.05) is 0 Å². The summed E-state index contributed by atoms with van der Waals surface area (Å²) < 4.78 is 12.9. The second-order valence-corrected chi connectivity index (χ2v) is 2.26. The summed E-state index contributed by atoms with van der Waals surface area (Å²) in [5.41, 5.74) is 0.172. The molecule has 0 radical (unpaired) electrons. The minimum Gasteiger partial charge on any atom is -0.340 e. The van der Waals surface area contributed by atoms with Gasteiger partial charge in [-0.15, -0.1) is 6.42 Å². The predicted octanol–water partition coefficient (Wildman–Crippen LogP) is 0.470. The smallest absolute Gasteiger partial charge is 0.295 e. The van der Waals surface area contributed by atoms with Crippen LogP contribution in [0.1, 0.15) is 5.69 Å². The van der Waals surface area contributed by atoms with E-state index in [9.17, 15) is 9.18 Å². The molecule has 0 saturated heterocycles. The molecule has 1 rings (SSSR count). The number of amides is 1. The molecule has 66 valence electrons. The van der Waals surface area contributed by atoms with Gasteiger partial charge in [0.1, 0.15) is 5.82 Å². The van der Waals surface area contributed by atoms with E-state index in [2.05, 4.69) is 10.3 Å². The Hall–Kier alpha value is -1.89. The highest BCUT2D eigenvalue weighted by molar-refractivity contribution is 5.92. The van der Waals surface area contributed by atoms with Gasteiger partial charge in [0.2, 0.25) is 0 Å². The molecule has 13 heavy (non-hydrogen) atoms. The van der Waals surface area contributed by atoms with Gasteiger partial charge >= 0.3 is 0 Å². The van der Waals surface area contributed by atoms with Gasteiger partial charge in [-0.05, 0) is 18.1 Å². The molecule has 0 fully saturated rings. The molecule has 0 bridgehead atoms.